The molecule has 0 aliphatic carbocycles. The summed E-state index contributed by atoms with van der Waals surface area (Å²) in [4.78, 5) is 0. The van der Waals surface area contributed by atoms with Gasteiger partial charge in [0.15, 0.2) is 0 Å². The zero-order chi connectivity index (χ0) is 10.3. The number of rotatable bonds is 7. The van der Waals surface area contributed by atoms with Crippen LogP contribution in [0.25, 0.3) is 0 Å². The van der Waals surface area contributed by atoms with Crippen molar-refractivity contribution in [2.75, 3.05) is 13.0 Å². The molecule has 0 amide bonds. The monoisotopic (exact) mass is 206 g/mol. The molecule has 0 aliphatic heterocycles. The van der Waals surface area contributed by atoms with Crippen molar-refractivity contribution in [3.8, 4) is 0 Å². The number of halogens is 1. The predicted octanol–water partition coefficient (Wildman–Crippen LogP) is 3.85. The van der Waals surface area contributed by atoms with Gasteiger partial charge in [-0.05, 0) is 32.6 Å². The van der Waals surface area contributed by atoms with Crippen molar-refractivity contribution in [2.45, 2.75) is 52.1 Å². The maximum absolute atomic E-state index is 5.67. The largest absolute Gasteiger partial charge is 0.379 e. The van der Waals surface area contributed by atoms with E-state index in [1.54, 1.807) is 7.11 Å². The van der Waals surface area contributed by atoms with Crippen LogP contribution in [0.5, 0.6) is 0 Å². The van der Waals surface area contributed by atoms with Crippen LogP contribution in [0.3, 0.4) is 0 Å². The molecule has 1 nitrogen and oxygen atoms in total. The van der Waals surface area contributed by atoms with E-state index in [0.717, 1.165) is 24.6 Å². The highest BCUT2D eigenvalue weighted by molar-refractivity contribution is 6.17. The number of alkyl halides is 1. The molecule has 0 fully saturated rings. The normalized spacial score (nSPS) is 14.5. The van der Waals surface area contributed by atoms with E-state index < -0.39 is 0 Å². The third-order valence-electron chi connectivity index (χ3n) is 2.63. The van der Waals surface area contributed by atoms with E-state index in [0.29, 0.717) is 0 Å². The molecule has 0 heterocycles. The summed E-state index contributed by atoms with van der Waals surface area (Å²) in [5.41, 5.74) is 0.0423. The van der Waals surface area contributed by atoms with E-state index >= 15 is 0 Å². The van der Waals surface area contributed by atoms with Crippen LogP contribution in [-0.4, -0.2) is 18.6 Å². The Hall–Kier alpha value is 0.250. The van der Waals surface area contributed by atoms with E-state index in [2.05, 4.69) is 20.8 Å². The lowest BCUT2D eigenvalue weighted by Gasteiger charge is -2.23. The second kappa shape index (κ2) is 6.67. The topological polar surface area (TPSA) is 9.23 Å². The Kier molecular flexibility index (Phi) is 6.79. The fraction of sp³-hybridized carbons (Fsp3) is 1.00. The quantitative estimate of drug-likeness (QED) is 0.575. The molecule has 0 saturated heterocycles. The number of methoxy groups -OCH3 is 1. The molecule has 0 saturated carbocycles. The average molecular weight is 207 g/mol. The Morgan fingerprint density at radius 3 is 2.38 bits per heavy atom. The maximum atomic E-state index is 5.67. The summed E-state index contributed by atoms with van der Waals surface area (Å²) in [6.07, 6.45) is 4.77. The van der Waals surface area contributed by atoms with Crippen molar-refractivity contribution in [3.05, 3.63) is 0 Å². The predicted molar refractivity (Wildman–Crippen MR) is 59.4 cm³/mol. The molecule has 0 rings (SSSR count). The minimum atomic E-state index is 0.0423. The standard InChI is InChI=1S/C11H23ClO/c1-10(7-9-12)6-5-8-11(2,3)13-4/h10H,5-9H2,1-4H3. The summed E-state index contributed by atoms with van der Waals surface area (Å²) in [6.45, 7) is 6.54. The zero-order valence-electron chi connectivity index (χ0n) is 9.40. The number of hydrogen-bond acceptors (Lipinski definition) is 1. The van der Waals surface area contributed by atoms with Crippen LogP contribution < -0.4 is 0 Å². The van der Waals surface area contributed by atoms with Crippen LogP contribution in [0.2, 0.25) is 0 Å². The second-order valence-electron chi connectivity index (χ2n) is 4.44. The molecule has 13 heavy (non-hydrogen) atoms. The van der Waals surface area contributed by atoms with Gasteiger partial charge in [0.2, 0.25) is 0 Å². The third-order valence-corrected chi connectivity index (χ3v) is 2.85. The molecule has 0 aromatic heterocycles. The van der Waals surface area contributed by atoms with Crippen molar-refractivity contribution >= 4 is 11.6 Å². The first kappa shape index (κ1) is 13.2. The van der Waals surface area contributed by atoms with Crippen LogP contribution in [0.1, 0.15) is 46.5 Å². The van der Waals surface area contributed by atoms with Gasteiger partial charge in [-0.3, -0.25) is 0 Å². The minimum Gasteiger partial charge on any atom is -0.379 e. The summed E-state index contributed by atoms with van der Waals surface area (Å²) in [5.74, 6) is 1.54. The molecule has 0 aliphatic rings. The van der Waals surface area contributed by atoms with Crippen molar-refractivity contribution < 1.29 is 4.74 Å². The number of hydrogen-bond donors (Lipinski definition) is 0. The lowest BCUT2D eigenvalue weighted by atomic mass is 9.95. The minimum absolute atomic E-state index is 0.0423. The van der Waals surface area contributed by atoms with Crippen molar-refractivity contribution in [2.24, 2.45) is 5.92 Å². The van der Waals surface area contributed by atoms with E-state index in [1.807, 2.05) is 0 Å². The van der Waals surface area contributed by atoms with Gasteiger partial charge < -0.3 is 4.74 Å². The Morgan fingerprint density at radius 1 is 1.31 bits per heavy atom. The van der Waals surface area contributed by atoms with Crippen LogP contribution in [-0.2, 0) is 4.74 Å². The average Bonchev–Trinajstić information content (AvgIpc) is 2.05. The number of ether oxygens (including phenoxy) is 1. The Balaban J connectivity index is 3.44. The highest BCUT2D eigenvalue weighted by atomic mass is 35.5. The Bertz CT molecular complexity index is 123. The van der Waals surface area contributed by atoms with Crippen molar-refractivity contribution in [3.63, 3.8) is 0 Å². The Morgan fingerprint density at radius 2 is 1.92 bits per heavy atom. The molecule has 0 N–H and O–H groups in total. The van der Waals surface area contributed by atoms with Crippen LogP contribution in [0.4, 0.5) is 0 Å². The van der Waals surface area contributed by atoms with Crippen LogP contribution >= 0.6 is 11.6 Å². The lowest BCUT2D eigenvalue weighted by Crippen LogP contribution is -2.22. The summed E-state index contributed by atoms with van der Waals surface area (Å²) in [5, 5.41) is 0. The van der Waals surface area contributed by atoms with Gasteiger partial charge >= 0.3 is 0 Å². The first-order valence-electron chi connectivity index (χ1n) is 5.13. The molecular weight excluding hydrogens is 184 g/mol. The van der Waals surface area contributed by atoms with Gasteiger partial charge in [0.25, 0.3) is 0 Å². The van der Waals surface area contributed by atoms with Crippen molar-refractivity contribution in [1.82, 2.24) is 0 Å². The van der Waals surface area contributed by atoms with Gasteiger partial charge in [-0.25, -0.2) is 0 Å². The summed E-state index contributed by atoms with van der Waals surface area (Å²) in [6, 6.07) is 0. The molecule has 0 spiro atoms. The highest BCUT2D eigenvalue weighted by Crippen LogP contribution is 2.20. The molecule has 1 atom stereocenters. The van der Waals surface area contributed by atoms with Gasteiger partial charge in [-0.15, -0.1) is 11.6 Å². The zero-order valence-corrected chi connectivity index (χ0v) is 10.2. The molecule has 0 bridgehead atoms. The van der Waals surface area contributed by atoms with Crippen LogP contribution in [0.15, 0.2) is 0 Å². The maximum Gasteiger partial charge on any atom is 0.0622 e. The first-order chi connectivity index (χ1) is 6.02. The third kappa shape index (κ3) is 7.33. The van der Waals surface area contributed by atoms with E-state index in [1.165, 1.54) is 12.8 Å². The lowest BCUT2D eigenvalue weighted by molar-refractivity contribution is 0.0127. The van der Waals surface area contributed by atoms with Crippen LogP contribution in [0, 0.1) is 5.92 Å². The summed E-state index contributed by atoms with van der Waals surface area (Å²) >= 11 is 5.67. The van der Waals surface area contributed by atoms with E-state index in [4.69, 9.17) is 16.3 Å². The molecular formula is C11H23ClO. The first-order valence-corrected chi connectivity index (χ1v) is 5.66. The van der Waals surface area contributed by atoms with Gasteiger partial charge in [0, 0.05) is 13.0 Å². The van der Waals surface area contributed by atoms with Gasteiger partial charge in [-0.2, -0.15) is 0 Å². The van der Waals surface area contributed by atoms with Gasteiger partial charge in [0.05, 0.1) is 5.60 Å². The summed E-state index contributed by atoms with van der Waals surface area (Å²) in [7, 11) is 1.78. The molecule has 2 heteroatoms. The van der Waals surface area contributed by atoms with Gasteiger partial charge in [-0.1, -0.05) is 19.8 Å². The molecule has 80 valence electrons. The SMILES string of the molecule is COC(C)(C)CCCC(C)CCCl. The molecule has 0 radical (unpaired) electrons. The van der Waals surface area contributed by atoms with Crippen molar-refractivity contribution in [1.29, 1.82) is 0 Å². The molecule has 1 unspecified atom stereocenters. The fourth-order valence-electron chi connectivity index (χ4n) is 1.31. The van der Waals surface area contributed by atoms with Gasteiger partial charge in [0.1, 0.15) is 0 Å². The smallest absolute Gasteiger partial charge is 0.0622 e. The highest BCUT2D eigenvalue weighted by Gasteiger charge is 2.15. The molecule has 0 aromatic carbocycles. The summed E-state index contributed by atoms with van der Waals surface area (Å²) < 4.78 is 5.35. The fourth-order valence-corrected chi connectivity index (χ4v) is 1.68. The second-order valence-corrected chi connectivity index (χ2v) is 4.82. The Labute approximate surface area is 87.8 Å². The molecule has 0 aromatic rings. The van der Waals surface area contributed by atoms with E-state index in [9.17, 15) is 0 Å². The van der Waals surface area contributed by atoms with E-state index in [-0.39, 0.29) is 5.60 Å².